The van der Waals surface area contributed by atoms with Crippen molar-refractivity contribution in [3.63, 3.8) is 0 Å². The van der Waals surface area contributed by atoms with E-state index >= 15 is 0 Å². The van der Waals surface area contributed by atoms with Crippen molar-refractivity contribution in [2.75, 3.05) is 11.1 Å². The van der Waals surface area contributed by atoms with Gasteiger partial charge in [-0.15, -0.1) is 0 Å². The zero-order valence-corrected chi connectivity index (χ0v) is 13.7. The summed E-state index contributed by atoms with van der Waals surface area (Å²) >= 11 is 7.07. The van der Waals surface area contributed by atoms with Gasteiger partial charge in [0.15, 0.2) is 5.16 Å². The van der Waals surface area contributed by atoms with Gasteiger partial charge in [-0.1, -0.05) is 23.4 Å². The molecule has 1 aromatic carbocycles. The smallest absolute Gasteiger partial charge is 0.289 e. The van der Waals surface area contributed by atoms with Crippen LogP contribution < -0.4 is 10.9 Å². The van der Waals surface area contributed by atoms with Crippen LogP contribution in [0.15, 0.2) is 40.4 Å². The van der Waals surface area contributed by atoms with Crippen LogP contribution in [0.2, 0.25) is 5.02 Å². The number of rotatable bonds is 3. The van der Waals surface area contributed by atoms with Crippen molar-refractivity contribution in [2.24, 2.45) is 5.92 Å². The molecule has 1 aliphatic heterocycles. The number of benzene rings is 1. The van der Waals surface area contributed by atoms with Crippen molar-refractivity contribution in [3.05, 3.63) is 56.0 Å². The van der Waals surface area contributed by atoms with Crippen molar-refractivity contribution in [1.82, 2.24) is 9.55 Å². The summed E-state index contributed by atoms with van der Waals surface area (Å²) in [4.78, 5) is 38.6. The summed E-state index contributed by atoms with van der Waals surface area (Å²) in [6, 6.07) is 5.39. The first-order valence-corrected chi connectivity index (χ1v) is 8.25. The van der Waals surface area contributed by atoms with Gasteiger partial charge in [-0.05, 0) is 12.1 Å². The number of aromatic nitrogens is 2. The average Bonchev–Trinajstić information content (AvgIpc) is 2.56. The first-order valence-electron chi connectivity index (χ1n) is 6.89. The molecule has 124 valence electrons. The number of anilines is 1. The van der Waals surface area contributed by atoms with Gasteiger partial charge in [0.05, 0.1) is 10.8 Å². The zero-order chi connectivity index (χ0) is 17.3. The molecule has 1 N–H and O–H groups in total. The van der Waals surface area contributed by atoms with E-state index in [1.54, 1.807) is 0 Å². The van der Waals surface area contributed by atoms with Gasteiger partial charge in [0.1, 0.15) is 5.02 Å². The Hall–Kier alpha value is -2.39. The van der Waals surface area contributed by atoms with Crippen LogP contribution in [-0.4, -0.2) is 26.1 Å². The van der Waals surface area contributed by atoms with Gasteiger partial charge >= 0.3 is 0 Å². The van der Waals surface area contributed by atoms with Gasteiger partial charge in [-0.25, -0.2) is 4.98 Å². The highest BCUT2D eigenvalue weighted by molar-refractivity contribution is 7.99. The van der Waals surface area contributed by atoms with Crippen molar-refractivity contribution in [2.45, 2.75) is 11.7 Å². The van der Waals surface area contributed by atoms with E-state index in [9.17, 15) is 19.7 Å². The average molecular weight is 367 g/mol. The molecule has 1 unspecified atom stereocenters. The molecule has 1 aliphatic rings. The fourth-order valence-corrected chi connectivity index (χ4v) is 3.53. The van der Waals surface area contributed by atoms with Crippen LogP contribution in [0.25, 0.3) is 0 Å². The number of nitrogens with zero attached hydrogens (tertiary/aromatic N) is 3. The molecule has 0 bridgehead atoms. The molecule has 3 rings (SSSR count). The molecular weight excluding hydrogens is 356 g/mol. The van der Waals surface area contributed by atoms with Crippen LogP contribution in [0.5, 0.6) is 0 Å². The summed E-state index contributed by atoms with van der Waals surface area (Å²) in [5.41, 5.74) is -0.212. The van der Waals surface area contributed by atoms with Crippen molar-refractivity contribution in [1.29, 1.82) is 0 Å². The molecule has 0 radical (unpaired) electrons. The molecule has 2 heterocycles. The summed E-state index contributed by atoms with van der Waals surface area (Å²) < 4.78 is 1.45. The lowest BCUT2D eigenvalue weighted by atomic mass is 10.1. The maximum atomic E-state index is 12.4. The lowest BCUT2D eigenvalue weighted by Crippen LogP contribution is -2.36. The lowest BCUT2D eigenvalue weighted by molar-refractivity contribution is -0.384. The Balaban J connectivity index is 1.77. The van der Waals surface area contributed by atoms with Gasteiger partial charge < -0.3 is 5.32 Å². The Kier molecular flexibility index (Phi) is 4.54. The van der Waals surface area contributed by atoms with Crippen LogP contribution in [0.3, 0.4) is 0 Å². The van der Waals surface area contributed by atoms with E-state index in [1.165, 1.54) is 46.8 Å². The van der Waals surface area contributed by atoms with Crippen molar-refractivity contribution in [3.8, 4) is 0 Å². The zero-order valence-electron chi connectivity index (χ0n) is 12.1. The standard InChI is InChI=1S/C14H11ClN4O4S/c15-10-2-1-9(5-11(10)19(22)23)17-13(21)8-6-18-12(20)3-4-16-14(18)24-7-8/h1-5,8H,6-7H2,(H,17,21). The van der Waals surface area contributed by atoms with Crippen molar-refractivity contribution >= 4 is 40.6 Å². The molecule has 24 heavy (non-hydrogen) atoms. The Morgan fingerprint density at radius 1 is 1.46 bits per heavy atom. The molecule has 1 amide bonds. The Labute approximate surface area is 145 Å². The van der Waals surface area contributed by atoms with E-state index in [0.717, 1.165) is 0 Å². The second-order valence-electron chi connectivity index (χ2n) is 5.10. The third-order valence-corrected chi connectivity index (χ3v) is 4.97. The summed E-state index contributed by atoms with van der Waals surface area (Å²) in [5, 5.41) is 14.1. The summed E-state index contributed by atoms with van der Waals surface area (Å²) in [5.74, 6) is -0.294. The highest BCUT2D eigenvalue weighted by Crippen LogP contribution is 2.29. The van der Waals surface area contributed by atoms with Gasteiger partial charge in [0.2, 0.25) is 5.91 Å². The Morgan fingerprint density at radius 3 is 3.00 bits per heavy atom. The number of fused-ring (bicyclic) bond motifs is 1. The summed E-state index contributed by atoms with van der Waals surface area (Å²) in [6.07, 6.45) is 1.44. The minimum atomic E-state index is -0.615. The van der Waals surface area contributed by atoms with Crippen LogP contribution in [0.4, 0.5) is 11.4 Å². The molecule has 10 heteroatoms. The number of carbonyl (C=O) groups is 1. The van der Waals surface area contributed by atoms with Crippen LogP contribution in [0, 0.1) is 16.0 Å². The molecule has 0 saturated heterocycles. The fraction of sp³-hybridized carbons (Fsp3) is 0.214. The maximum absolute atomic E-state index is 12.4. The third-order valence-electron chi connectivity index (χ3n) is 3.50. The van der Waals surface area contributed by atoms with E-state index in [0.29, 0.717) is 10.9 Å². The Bertz CT molecular complexity index is 885. The quantitative estimate of drug-likeness (QED) is 0.506. The molecule has 1 atom stereocenters. The number of nitro benzene ring substituents is 1. The highest BCUT2D eigenvalue weighted by atomic mass is 35.5. The van der Waals surface area contributed by atoms with Crippen LogP contribution >= 0.6 is 23.4 Å². The van der Waals surface area contributed by atoms with Gasteiger partial charge in [-0.2, -0.15) is 0 Å². The van der Waals surface area contributed by atoms with Crippen LogP contribution in [-0.2, 0) is 11.3 Å². The number of hydrogen-bond donors (Lipinski definition) is 1. The number of nitrogens with one attached hydrogen (secondary N) is 1. The lowest BCUT2D eigenvalue weighted by Gasteiger charge is -2.23. The second kappa shape index (κ2) is 6.62. The predicted molar refractivity (Wildman–Crippen MR) is 89.4 cm³/mol. The Morgan fingerprint density at radius 2 is 2.25 bits per heavy atom. The first kappa shape index (κ1) is 16.5. The minimum Gasteiger partial charge on any atom is -0.326 e. The molecule has 0 saturated carbocycles. The van der Waals surface area contributed by atoms with E-state index in [-0.39, 0.29) is 34.4 Å². The topological polar surface area (TPSA) is 107 Å². The van der Waals surface area contributed by atoms with Crippen molar-refractivity contribution < 1.29 is 9.72 Å². The predicted octanol–water partition coefficient (Wildman–Crippen LogP) is 2.17. The van der Waals surface area contributed by atoms with E-state index in [4.69, 9.17) is 11.6 Å². The molecule has 0 fully saturated rings. The summed E-state index contributed by atoms with van der Waals surface area (Å²) in [6.45, 7) is 0.219. The highest BCUT2D eigenvalue weighted by Gasteiger charge is 2.27. The number of nitro groups is 1. The third kappa shape index (κ3) is 3.26. The van der Waals surface area contributed by atoms with E-state index in [2.05, 4.69) is 10.3 Å². The number of hydrogen-bond acceptors (Lipinski definition) is 6. The van der Waals surface area contributed by atoms with E-state index in [1.807, 2.05) is 0 Å². The molecular formula is C14H11ClN4O4S. The van der Waals surface area contributed by atoms with Gasteiger partial charge in [-0.3, -0.25) is 24.3 Å². The van der Waals surface area contributed by atoms with Gasteiger partial charge in [0.25, 0.3) is 11.2 Å². The maximum Gasteiger partial charge on any atom is 0.289 e. The SMILES string of the molecule is O=C(Nc1ccc(Cl)c([N+](=O)[O-])c1)C1CSc2nccc(=O)n2C1. The first-order chi connectivity index (χ1) is 11.5. The monoisotopic (exact) mass is 366 g/mol. The van der Waals surface area contributed by atoms with Gasteiger partial charge in [0, 0.05) is 36.3 Å². The molecule has 8 nitrogen and oxygen atoms in total. The second-order valence-corrected chi connectivity index (χ2v) is 6.49. The number of carbonyl (C=O) groups excluding carboxylic acids is 1. The minimum absolute atomic E-state index is 0.00206. The molecule has 1 aromatic heterocycles. The molecule has 0 aliphatic carbocycles. The number of thioether (sulfide) groups is 1. The molecule has 0 spiro atoms. The summed E-state index contributed by atoms with van der Waals surface area (Å²) in [7, 11) is 0. The number of halogens is 1. The van der Waals surface area contributed by atoms with Crippen LogP contribution in [0.1, 0.15) is 0 Å². The largest absolute Gasteiger partial charge is 0.326 e. The number of amides is 1. The normalized spacial score (nSPS) is 16.3. The van der Waals surface area contributed by atoms with E-state index < -0.39 is 10.8 Å². The fourth-order valence-electron chi connectivity index (χ4n) is 2.28. The molecule has 2 aromatic rings.